The van der Waals surface area contributed by atoms with Gasteiger partial charge in [0.2, 0.25) is 0 Å². The van der Waals surface area contributed by atoms with Gasteiger partial charge < -0.3 is 9.64 Å². The highest BCUT2D eigenvalue weighted by molar-refractivity contribution is 6.36. The molecule has 2 aromatic rings. The van der Waals surface area contributed by atoms with Crippen LogP contribution in [0.15, 0.2) is 60.3 Å². The van der Waals surface area contributed by atoms with Gasteiger partial charge in [-0.15, -0.1) is 0 Å². The number of carbonyl (C=O) groups excluding carboxylic acids is 2. The van der Waals surface area contributed by atoms with Crippen molar-refractivity contribution in [2.24, 2.45) is 0 Å². The van der Waals surface area contributed by atoms with Gasteiger partial charge in [0, 0.05) is 24.4 Å². The summed E-state index contributed by atoms with van der Waals surface area (Å²) in [5, 5.41) is 11.0. The standard InChI is InChI=1S/C23H25N3O5/c1-4-24(18-8-6-5-7-9-18)21-20(17-10-12-19(13-11-17)26(29)30)22(27)25(23(21)28)14-15-31-16(2)3/h5-13,16H,4,14-15H2,1-3H3. The first-order valence-corrected chi connectivity index (χ1v) is 10.1. The topological polar surface area (TPSA) is 93.0 Å². The quantitative estimate of drug-likeness (QED) is 0.347. The minimum absolute atomic E-state index is 0.0224. The number of anilines is 1. The lowest BCUT2D eigenvalue weighted by atomic mass is 10.0. The number of amides is 2. The molecule has 8 nitrogen and oxygen atoms in total. The zero-order chi connectivity index (χ0) is 22.5. The number of para-hydroxylation sites is 1. The number of rotatable bonds is 9. The summed E-state index contributed by atoms with van der Waals surface area (Å²) in [6.07, 6.45) is -0.0224. The van der Waals surface area contributed by atoms with E-state index in [0.29, 0.717) is 12.1 Å². The Labute approximate surface area is 180 Å². The second kappa shape index (κ2) is 9.53. The second-order valence-electron chi connectivity index (χ2n) is 7.29. The van der Waals surface area contributed by atoms with Gasteiger partial charge in [-0.1, -0.05) is 18.2 Å². The van der Waals surface area contributed by atoms with Crippen molar-refractivity contribution in [3.05, 3.63) is 76.0 Å². The number of nitro groups is 1. The molecule has 1 aliphatic rings. The van der Waals surface area contributed by atoms with Crippen LogP contribution in [0.4, 0.5) is 11.4 Å². The molecule has 0 aromatic heterocycles. The van der Waals surface area contributed by atoms with E-state index in [4.69, 9.17) is 4.74 Å². The van der Waals surface area contributed by atoms with E-state index in [0.717, 1.165) is 5.69 Å². The molecule has 0 saturated carbocycles. The highest BCUT2D eigenvalue weighted by Gasteiger charge is 2.41. The van der Waals surface area contributed by atoms with E-state index in [1.807, 2.05) is 51.1 Å². The van der Waals surface area contributed by atoms with E-state index >= 15 is 0 Å². The normalized spacial score (nSPS) is 14.0. The van der Waals surface area contributed by atoms with Crippen LogP contribution in [-0.2, 0) is 14.3 Å². The Hall–Kier alpha value is -3.52. The molecule has 0 radical (unpaired) electrons. The van der Waals surface area contributed by atoms with Crippen LogP contribution in [0.25, 0.3) is 5.57 Å². The van der Waals surface area contributed by atoms with Gasteiger partial charge in [0.25, 0.3) is 17.5 Å². The second-order valence-corrected chi connectivity index (χ2v) is 7.29. The van der Waals surface area contributed by atoms with Gasteiger partial charge in [-0.3, -0.25) is 24.6 Å². The molecule has 3 rings (SSSR count). The number of benzene rings is 2. The lowest BCUT2D eigenvalue weighted by Gasteiger charge is -2.25. The van der Waals surface area contributed by atoms with Gasteiger partial charge in [0.15, 0.2) is 0 Å². The third-order valence-electron chi connectivity index (χ3n) is 4.93. The Morgan fingerprint density at radius 3 is 2.23 bits per heavy atom. The van der Waals surface area contributed by atoms with Crippen molar-refractivity contribution in [1.82, 2.24) is 4.90 Å². The maximum Gasteiger partial charge on any atom is 0.278 e. The number of nitrogens with zero attached hydrogens (tertiary/aromatic N) is 3. The molecule has 0 spiro atoms. The number of hydrogen-bond acceptors (Lipinski definition) is 6. The smallest absolute Gasteiger partial charge is 0.278 e. The molecule has 2 amide bonds. The summed E-state index contributed by atoms with van der Waals surface area (Å²) in [7, 11) is 0. The summed E-state index contributed by atoms with van der Waals surface area (Å²) in [6.45, 7) is 6.48. The molecule has 0 bridgehead atoms. The fraction of sp³-hybridized carbons (Fsp3) is 0.304. The van der Waals surface area contributed by atoms with Crippen molar-refractivity contribution in [3.63, 3.8) is 0 Å². The summed E-state index contributed by atoms with van der Waals surface area (Å²) in [6, 6.07) is 15.0. The molecule has 31 heavy (non-hydrogen) atoms. The highest BCUT2D eigenvalue weighted by Crippen LogP contribution is 2.34. The van der Waals surface area contributed by atoms with Crippen LogP contribution < -0.4 is 4.90 Å². The van der Waals surface area contributed by atoms with Gasteiger partial charge in [-0.2, -0.15) is 0 Å². The Morgan fingerprint density at radius 1 is 1.03 bits per heavy atom. The molecule has 0 fully saturated rings. The number of likely N-dealkylation sites (N-methyl/N-ethyl adjacent to an activating group) is 1. The van der Waals surface area contributed by atoms with E-state index in [-0.39, 0.29) is 36.2 Å². The van der Waals surface area contributed by atoms with Crippen molar-refractivity contribution in [3.8, 4) is 0 Å². The summed E-state index contributed by atoms with van der Waals surface area (Å²) >= 11 is 0. The van der Waals surface area contributed by atoms with Crippen molar-refractivity contribution in [2.45, 2.75) is 26.9 Å². The SMILES string of the molecule is CCN(C1=C(c2ccc([N+](=O)[O-])cc2)C(=O)N(CCOC(C)C)C1=O)c1ccccc1. The molecule has 1 heterocycles. The maximum absolute atomic E-state index is 13.4. The number of hydrogen-bond donors (Lipinski definition) is 0. The van der Waals surface area contributed by atoms with Crippen LogP contribution >= 0.6 is 0 Å². The first kappa shape index (κ1) is 22.2. The Kier molecular flexibility index (Phi) is 6.81. The molecule has 162 valence electrons. The van der Waals surface area contributed by atoms with Crippen LogP contribution in [0.5, 0.6) is 0 Å². The number of imide groups is 1. The first-order valence-electron chi connectivity index (χ1n) is 10.1. The average molecular weight is 423 g/mol. The summed E-state index contributed by atoms with van der Waals surface area (Å²) in [5.74, 6) is -0.841. The molecule has 2 aromatic carbocycles. The van der Waals surface area contributed by atoms with E-state index < -0.39 is 16.7 Å². The minimum Gasteiger partial charge on any atom is -0.377 e. The molecular formula is C23H25N3O5. The molecule has 0 atom stereocenters. The lowest BCUT2D eigenvalue weighted by Crippen LogP contribution is -2.37. The largest absolute Gasteiger partial charge is 0.377 e. The van der Waals surface area contributed by atoms with Crippen molar-refractivity contribution >= 4 is 28.8 Å². The first-order chi connectivity index (χ1) is 14.8. The summed E-state index contributed by atoms with van der Waals surface area (Å²) in [5.41, 5.74) is 1.65. The molecule has 0 aliphatic carbocycles. The van der Waals surface area contributed by atoms with Gasteiger partial charge in [0.05, 0.1) is 29.8 Å². The minimum atomic E-state index is -0.501. The van der Waals surface area contributed by atoms with Gasteiger partial charge in [-0.05, 0) is 50.6 Å². The fourth-order valence-electron chi connectivity index (χ4n) is 3.48. The molecule has 8 heteroatoms. The molecular weight excluding hydrogens is 398 g/mol. The summed E-state index contributed by atoms with van der Waals surface area (Å²) < 4.78 is 5.54. The van der Waals surface area contributed by atoms with Gasteiger partial charge in [0.1, 0.15) is 5.70 Å². The molecule has 1 aliphatic heterocycles. The van der Waals surface area contributed by atoms with Crippen LogP contribution in [0.1, 0.15) is 26.3 Å². The zero-order valence-corrected chi connectivity index (χ0v) is 17.8. The molecule has 0 N–H and O–H groups in total. The van der Waals surface area contributed by atoms with Gasteiger partial charge in [-0.25, -0.2) is 0 Å². The highest BCUT2D eigenvalue weighted by atomic mass is 16.6. The fourth-order valence-corrected chi connectivity index (χ4v) is 3.48. The van der Waals surface area contributed by atoms with Crippen LogP contribution in [0, 0.1) is 10.1 Å². The Bertz CT molecular complexity index is 1000. The number of ether oxygens (including phenoxy) is 1. The van der Waals surface area contributed by atoms with Crippen molar-refractivity contribution < 1.29 is 19.2 Å². The van der Waals surface area contributed by atoms with E-state index in [1.165, 1.54) is 29.2 Å². The zero-order valence-electron chi connectivity index (χ0n) is 17.8. The number of non-ortho nitro benzene ring substituents is 1. The van der Waals surface area contributed by atoms with Crippen LogP contribution in [0.3, 0.4) is 0 Å². The Balaban J connectivity index is 2.07. The van der Waals surface area contributed by atoms with Gasteiger partial charge >= 0.3 is 0 Å². The predicted molar refractivity (Wildman–Crippen MR) is 117 cm³/mol. The Morgan fingerprint density at radius 2 is 1.68 bits per heavy atom. The molecule has 0 saturated heterocycles. The van der Waals surface area contributed by atoms with Crippen molar-refractivity contribution in [2.75, 3.05) is 24.6 Å². The monoisotopic (exact) mass is 423 g/mol. The third kappa shape index (κ3) is 4.64. The van der Waals surface area contributed by atoms with Crippen LogP contribution in [0.2, 0.25) is 0 Å². The van der Waals surface area contributed by atoms with E-state index in [1.54, 1.807) is 4.90 Å². The number of carbonyl (C=O) groups is 2. The van der Waals surface area contributed by atoms with E-state index in [9.17, 15) is 19.7 Å². The lowest BCUT2D eigenvalue weighted by molar-refractivity contribution is -0.384. The third-order valence-corrected chi connectivity index (χ3v) is 4.93. The average Bonchev–Trinajstić information content (AvgIpc) is 3.00. The molecule has 0 unspecified atom stereocenters. The number of nitro benzene ring substituents is 1. The van der Waals surface area contributed by atoms with Crippen molar-refractivity contribution in [1.29, 1.82) is 0 Å². The maximum atomic E-state index is 13.4. The van der Waals surface area contributed by atoms with E-state index in [2.05, 4.69) is 0 Å². The van der Waals surface area contributed by atoms with Crippen LogP contribution in [-0.4, -0.2) is 47.4 Å². The summed E-state index contributed by atoms with van der Waals surface area (Å²) in [4.78, 5) is 40.2. The predicted octanol–water partition coefficient (Wildman–Crippen LogP) is 3.63.